The predicted octanol–water partition coefficient (Wildman–Crippen LogP) is 2.80. The Morgan fingerprint density at radius 2 is 1.96 bits per heavy atom. The van der Waals surface area contributed by atoms with E-state index in [1.807, 2.05) is 13.8 Å². The van der Waals surface area contributed by atoms with E-state index in [-0.39, 0.29) is 28.6 Å². The lowest BCUT2D eigenvalue weighted by molar-refractivity contribution is 0.118. The van der Waals surface area contributed by atoms with Gasteiger partial charge in [0.05, 0.1) is 17.8 Å². The lowest BCUT2D eigenvalue weighted by atomic mass is 10.00. The second kappa shape index (κ2) is 6.90. The van der Waals surface area contributed by atoms with Gasteiger partial charge in [0, 0.05) is 24.6 Å². The molecule has 6 heteroatoms. The van der Waals surface area contributed by atoms with Gasteiger partial charge in [-0.15, -0.1) is 0 Å². The molecule has 3 aromatic rings. The fourth-order valence-corrected chi connectivity index (χ4v) is 3.28. The van der Waals surface area contributed by atoms with E-state index in [0.717, 1.165) is 13.1 Å². The third-order valence-electron chi connectivity index (χ3n) is 4.58. The highest BCUT2D eigenvalue weighted by Gasteiger charge is 2.23. The number of aryl methyl sites for hydroxylation is 1. The van der Waals surface area contributed by atoms with Crippen molar-refractivity contribution in [3.8, 4) is 5.75 Å². The summed E-state index contributed by atoms with van der Waals surface area (Å²) in [6.45, 7) is 7.95. The average Bonchev–Trinajstić information content (AvgIpc) is 3.05. The largest absolute Gasteiger partial charge is 0.506 e. The summed E-state index contributed by atoms with van der Waals surface area (Å²) in [5.41, 5.74) is 1.02. The number of benzene rings is 1. The molecule has 1 unspecified atom stereocenters. The van der Waals surface area contributed by atoms with Crippen molar-refractivity contribution < 1.29 is 19.0 Å². The van der Waals surface area contributed by atoms with Gasteiger partial charge in [0.2, 0.25) is 0 Å². The van der Waals surface area contributed by atoms with E-state index < -0.39 is 6.10 Å². The molecule has 1 aromatic carbocycles. The van der Waals surface area contributed by atoms with Crippen LogP contribution in [0.5, 0.6) is 5.75 Å². The molecule has 0 spiro atoms. The molecule has 3 rings (SSSR count). The highest BCUT2D eigenvalue weighted by atomic mass is 16.3. The smallest absolute Gasteiger partial charge is 0.196 e. The maximum absolute atomic E-state index is 12.4. The molecule has 0 saturated carbocycles. The normalized spacial score (nSPS) is 13.2. The summed E-state index contributed by atoms with van der Waals surface area (Å²) in [6.07, 6.45) is 1.08. The molecule has 0 bridgehead atoms. The molecule has 2 heterocycles. The number of aliphatic hydroxyl groups excluding tert-OH is 1. The molecule has 1 atom stereocenters. The van der Waals surface area contributed by atoms with E-state index in [1.54, 1.807) is 13.0 Å². The topological polar surface area (TPSA) is 87.0 Å². The van der Waals surface area contributed by atoms with Crippen LogP contribution in [0.25, 0.3) is 21.9 Å². The van der Waals surface area contributed by atoms with Gasteiger partial charge in [-0.2, -0.15) is 0 Å². The Kier molecular flexibility index (Phi) is 4.83. The number of furan rings is 1. The van der Waals surface area contributed by atoms with Crippen LogP contribution in [-0.4, -0.2) is 40.9 Å². The number of hydrogen-bond acceptors (Lipinski definition) is 6. The number of rotatable bonds is 6. The Morgan fingerprint density at radius 1 is 1.24 bits per heavy atom. The highest BCUT2D eigenvalue weighted by molar-refractivity contribution is 6.03. The van der Waals surface area contributed by atoms with Gasteiger partial charge >= 0.3 is 0 Å². The molecule has 134 valence electrons. The standard InChI is InChI=1S/C19H23NO5/c1-4-20(5-2)10-12(21)9-14-18-13(6-7-24-18)17(23)16-15(22)8-11(3)25-19(14)16/h6-8,12,21,23H,4-5,9-10H2,1-3H3. The van der Waals surface area contributed by atoms with Crippen molar-refractivity contribution in [1.82, 2.24) is 4.90 Å². The molecule has 0 aliphatic rings. The van der Waals surface area contributed by atoms with Crippen molar-refractivity contribution in [3.63, 3.8) is 0 Å². The first kappa shape index (κ1) is 17.5. The Morgan fingerprint density at radius 3 is 2.64 bits per heavy atom. The van der Waals surface area contributed by atoms with Crippen molar-refractivity contribution in [2.24, 2.45) is 0 Å². The number of aromatic hydroxyl groups is 1. The van der Waals surface area contributed by atoms with Gasteiger partial charge in [0.1, 0.15) is 28.1 Å². The monoisotopic (exact) mass is 345 g/mol. The zero-order chi connectivity index (χ0) is 18.1. The Hall–Kier alpha value is -2.31. The third kappa shape index (κ3) is 3.15. The molecule has 2 N–H and O–H groups in total. The van der Waals surface area contributed by atoms with Crippen molar-refractivity contribution in [2.75, 3.05) is 19.6 Å². The summed E-state index contributed by atoms with van der Waals surface area (Å²) in [6, 6.07) is 2.97. The number of aliphatic hydroxyl groups is 1. The van der Waals surface area contributed by atoms with Crippen LogP contribution in [0, 0.1) is 6.92 Å². The maximum Gasteiger partial charge on any atom is 0.196 e. The van der Waals surface area contributed by atoms with E-state index >= 15 is 0 Å². The predicted molar refractivity (Wildman–Crippen MR) is 96.2 cm³/mol. The lowest BCUT2D eigenvalue weighted by Crippen LogP contribution is -2.33. The van der Waals surface area contributed by atoms with Crippen LogP contribution in [0.4, 0.5) is 0 Å². The van der Waals surface area contributed by atoms with Gasteiger partial charge < -0.3 is 23.9 Å². The molecule has 0 aliphatic carbocycles. The number of phenolic OH excluding ortho intramolecular Hbond substituents is 1. The lowest BCUT2D eigenvalue weighted by Gasteiger charge is -2.22. The SMILES string of the molecule is CCN(CC)CC(O)Cc1c2occc2c(O)c2c(=O)cc(C)oc12. The van der Waals surface area contributed by atoms with E-state index in [4.69, 9.17) is 8.83 Å². The second-order valence-corrected chi connectivity index (χ2v) is 6.26. The van der Waals surface area contributed by atoms with E-state index in [9.17, 15) is 15.0 Å². The van der Waals surface area contributed by atoms with Gasteiger partial charge in [-0.3, -0.25) is 4.79 Å². The van der Waals surface area contributed by atoms with Crippen LogP contribution in [0.2, 0.25) is 0 Å². The number of likely N-dealkylation sites (N-methyl/N-ethyl adjacent to an activating group) is 1. The van der Waals surface area contributed by atoms with Crippen LogP contribution in [-0.2, 0) is 6.42 Å². The van der Waals surface area contributed by atoms with Crippen molar-refractivity contribution in [3.05, 3.63) is 39.9 Å². The Labute approximate surface area is 145 Å². The molecule has 0 radical (unpaired) electrons. The average molecular weight is 345 g/mol. The zero-order valence-electron chi connectivity index (χ0n) is 14.7. The molecular weight excluding hydrogens is 322 g/mol. The van der Waals surface area contributed by atoms with E-state index in [1.165, 1.54) is 12.3 Å². The van der Waals surface area contributed by atoms with E-state index in [0.29, 0.717) is 28.8 Å². The summed E-state index contributed by atoms with van der Waals surface area (Å²) in [5, 5.41) is 21.6. The second-order valence-electron chi connectivity index (χ2n) is 6.26. The Bertz CT molecular complexity index is 952. The number of hydrogen-bond donors (Lipinski definition) is 2. The molecule has 0 fully saturated rings. The molecule has 6 nitrogen and oxygen atoms in total. The first-order valence-corrected chi connectivity index (χ1v) is 8.52. The van der Waals surface area contributed by atoms with Crippen molar-refractivity contribution >= 4 is 21.9 Å². The minimum absolute atomic E-state index is 0.129. The first-order chi connectivity index (χ1) is 12.0. The number of nitrogens with zero attached hydrogens (tertiary/aromatic N) is 1. The Balaban J connectivity index is 2.16. The molecule has 0 aliphatic heterocycles. The summed E-state index contributed by atoms with van der Waals surface area (Å²) in [4.78, 5) is 14.5. The fourth-order valence-electron chi connectivity index (χ4n) is 3.28. The van der Waals surface area contributed by atoms with Gasteiger partial charge in [0.15, 0.2) is 5.43 Å². The minimum Gasteiger partial charge on any atom is -0.506 e. The first-order valence-electron chi connectivity index (χ1n) is 8.52. The van der Waals surface area contributed by atoms with E-state index in [2.05, 4.69) is 4.90 Å². The van der Waals surface area contributed by atoms with Crippen LogP contribution in [0.3, 0.4) is 0 Å². The zero-order valence-corrected chi connectivity index (χ0v) is 14.7. The van der Waals surface area contributed by atoms with Gasteiger partial charge in [-0.25, -0.2) is 0 Å². The third-order valence-corrected chi connectivity index (χ3v) is 4.58. The minimum atomic E-state index is -0.647. The molecule has 25 heavy (non-hydrogen) atoms. The fraction of sp³-hybridized carbons (Fsp3) is 0.421. The van der Waals surface area contributed by atoms with Crippen LogP contribution >= 0.6 is 0 Å². The quantitative estimate of drug-likeness (QED) is 0.714. The summed E-state index contributed by atoms with van der Waals surface area (Å²) < 4.78 is 11.3. The van der Waals surface area contributed by atoms with Gasteiger partial charge in [-0.05, 0) is 26.1 Å². The van der Waals surface area contributed by atoms with Crippen molar-refractivity contribution in [2.45, 2.75) is 33.3 Å². The van der Waals surface area contributed by atoms with Crippen LogP contribution in [0.1, 0.15) is 25.2 Å². The van der Waals surface area contributed by atoms with Gasteiger partial charge in [-0.1, -0.05) is 13.8 Å². The van der Waals surface area contributed by atoms with Crippen LogP contribution < -0.4 is 5.43 Å². The van der Waals surface area contributed by atoms with Gasteiger partial charge in [0.25, 0.3) is 0 Å². The molecule has 0 amide bonds. The molecule has 0 saturated heterocycles. The van der Waals surface area contributed by atoms with Crippen LogP contribution in [0.15, 0.2) is 32.0 Å². The summed E-state index contributed by atoms with van der Waals surface area (Å²) >= 11 is 0. The number of fused-ring (bicyclic) bond motifs is 2. The summed E-state index contributed by atoms with van der Waals surface area (Å²) in [7, 11) is 0. The number of phenols is 1. The maximum atomic E-state index is 12.4. The van der Waals surface area contributed by atoms with Crippen molar-refractivity contribution in [1.29, 1.82) is 0 Å². The molecule has 2 aromatic heterocycles. The summed E-state index contributed by atoms with van der Waals surface area (Å²) in [5.74, 6) is 0.303. The highest BCUT2D eigenvalue weighted by Crippen LogP contribution is 2.37. The molecular formula is C19H23NO5.